The van der Waals surface area contributed by atoms with Gasteiger partial charge in [0.2, 0.25) is 0 Å². The third kappa shape index (κ3) is 2.84. The summed E-state index contributed by atoms with van der Waals surface area (Å²) >= 11 is 0. The number of anilines is 1. The van der Waals surface area contributed by atoms with Gasteiger partial charge < -0.3 is 10.1 Å². The molecule has 2 aromatic rings. The number of benzene rings is 1. The Bertz CT molecular complexity index is 487. The molecule has 0 aliphatic carbocycles. The highest BCUT2D eigenvalue weighted by atomic mass is 16.5. The van der Waals surface area contributed by atoms with Crippen LogP contribution in [0.5, 0.6) is 0 Å². The SMILES string of the molecule is CCNc1ccnc(C(OC)c2ccccc2)n1. The molecule has 0 aliphatic rings. The molecule has 1 N–H and O–H groups in total. The molecule has 4 nitrogen and oxygen atoms in total. The zero-order valence-corrected chi connectivity index (χ0v) is 10.6. The number of aromatic nitrogens is 2. The van der Waals surface area contributed by atoms with Gasteiger partial charge in [-0.15, -0.1) is 0 Å². The second-order valence-electron chi connectivity index (χ2n) is 3.86. The van der Waals surface area contributed by atoms with Gasteiger partial charge in [0.1, 0.15) is 11.9 Å². The van der Waals surface area contributed by atoms with Crippen LogP contribution in [0.15, 0.2) is 42.6 Å². The molecule has 1 heterocycles. The van der Waals surface area contributed by atoms with Gasteiger partial charge in [0.05, 0.1) is 0 Å². The third-order valence-corrected chi connectivity index (χ3v) is 2.60. The second-order valence-corrected chi connectivity index (χ2v) is 3.86. The molecule has 0 amide bonds. The van der Waals surface area contributed by atoms with E-state index in [0.29, 0.717) is 5.82 Å². The lowest BCUT2D eigenvalue weighted by Gasteiger charge is -2.15. The van der Waals surface area contributed by atoms with Crippen molar-refractivity contribution in [1.29, 1.82) is 0 Å². The molecule has 1 aromatic heterocycles. The quantitative estimate of drug-likeness (QED) is 0.877. The van der Waals surface area contributed by atoms with Crippen molar-refractivity contribution in [3.8, 4) is 0 Å². The molecule has 0 spiro atoms. The van der Waals surface area contributed by atoms with E-state index in [9.17, 15) is 0 Å². The molecular formula is C14H17N3O. The van der Waals surface area contributed by atoms with Crippen LogP contribution in [0.1, 0.15) is 24.4 Å². The molecule has 0 saturated heterocycles. The van der Waals surface area contributed by atoms with Crippen LogP contribution in [-0.4, -0.2) is 23.6 Å². The molecule has 0 saturated carbocycles. The Labute approximate surface area is 107 Å². The van der Waals surface area contributed by atoms with E-state index in [1.54, 1.807) is 13.3 Å². The Kier molecular flexibility index (Phi) is 4.25. The molecule has 18 heavy (non-hydrogen) atoms. The average Bonchev–Trinajstić information content (AvgIpc) is 2.42. The number of hydrogen-bond acceptors (Lipinski definition) is 4. The summed E-state index contributed by atoms with van der Waals surface area (Å²) in [6.45, 7) is 2.87. The Morgan fingerprint density at radius 3 is 2.67 bits per heavy atom. The Morgan fingerprint density at radius 2 is 2.00 bits per heavy atom. The first kappa shape index (κ1) is 12.5. The van der Waals surface area contributed by atoms with Crippen LogP contribution in [0.4, 0.5) is 5.82 Å². The molecule has 1 atom stereocenters. The topological polar surface area (TPSA) is 47.0 Å². The summed E-state index contributed by atoms with van der Waals surface area (Å²) in [7, 11) is 1.67. The molecule has 1 aromatic carbocycles. The smallest absolute Gasteiger partial charge is 0.164 e. The molecular weight excluding hydrogens is 226 g/mol. The normalized spacial score (nSPS) is 12.1. The van der Waals surface area contributed by atoms with Crippen LogP contribution in [-0.2, 0) is 4.74 Å². The van der Waals surface area contributed by atoms with Crippen LogP contribution in [0, 0.1) is 0 Å². The zero-order valence-electron chi connectivity index (χ0n) is 10.6. The van der Waals surface area contributed by atoms with Crippen LogP contribution < -0.4 is 5.32 Å². The van der Waals surface area contributed by atoms with Gasteiger partial charge in [-0.2, -0.15) is 0 Å². The van der Waals surface area contributed by atoms with Crippen LogP contribution in [0.25, 0.3) is 0 Å². The molecule has 4 heteroatoms. The van der Waals surface area contributed by atoms with Crippen LogP contribution in [0.2, 0.25) is 0 Å². The summed E-state index contributed by atoms with van der Waals surface area (Å²) in [5.74, 6) is 1.49. The second kappa shape index (κ2) is 6.12. The summed E-state index contributed by atoms with van der Waals surface area (Å²) in [6.07, 6.45) is 1.51. The van der Waals surface area contributed by atoms with Crippen molar-refractivity contribution in [1.82, 2.24) is 9.97 Å². The standard InChI is InChI=1S/C14H17N3O/c1-3-15-12-9-10-16-14(17-12)13(18-2)11-7-5-4-6-8-11/h4-10,13H,3H2,1-2H3,(H,15,16,17). The van der Waals surface area contributed by atoms with Gasteiger partial charge >= 0.3 is 0 Å². The number of methoxy groups -OCH3 is 1. The zero-order chi connectivity index (χ0) is 12.8. The summed E-state index contributed by atoms with van der Waals surface area (Å²) < 4.78 is 5.50. The van der Waals surface area contributed by atoms with Crippen molar-refractivity contribution in [2.24, 2.45) is 0 Å². The summed E-state index contributed by atoms with van der Waals surface area (Å²) in [6, 6.07) is 11.8. The van der Waals surface area contributed by atoms with Crippen molar-refractivity contribution < 1.29 is 4.74 Å². The lowest BCUT2D eigenvalue weighted by Crippen LogP contribution is -2.10. The van der Waals surface area contributed by atoms with E-state index in [1.807, 2.05) is 43.3 Å². The molecule has 0 radical (unpaired) electrons. The highest BCUT2D eigenvalue weighted by molar-refractivity contribution is 5.34. The number of hydrogen-bond donors (Lipinski definition) is 1. The van der Waals surface area contributed by atoms with Gasteiger partial charge in [0.25, 0.3) is 0 Å². The predicted octanol–water partition coefficient (Wildman–Crippen LogP) is 2.64. The molecule has 0 aliphatic heterocycles. The fourth-order valence-corrected chi connectivity index (χ4v) is 1.80. The van der Waals surface area contributed by atoms with E-state index in [1.165, 1.54) is 0 Å². The number of nitrogens with one attached hydrogen (secondary N) is 1. The van der Waals surface area contributed by atoms with Crippen molar-refractivity contribution in [2.45, 2.75) is 13.0 Å². The number of rotatable bonds is 5. The molecule has 0 fully saturated rings. The molecule has 1 unspecified atom stereocenters. The fraction of sp³-hybridized carbons (Fsp3) is 0.286. The Hall–Kier alpha value is -1.94. The van der Waals surface area contributed by atoms with E-state index in [4.69, 9.17) is 4.74 Å². The average molecular weight is 243 g/mol. The highest BCUT2D eigenvalue weighted by Gasteiger charge is 2.16. The van der Waals surface area contributed by atoms with Crippen molar-refractivity contribution in [2.75, 3.05) is 19.0 Å². The Morgan fingerprint density at radius 1 is 1.22 bits per heavy atom. The van der Waals surface area contributed by atoms with Gasteiger partial charge in [-0.25, -0.2) is 9.97 Å². The lowest BCUT2D eigenvalue weighted by atomic mass is 10.1. The summed E-state index contributed by atoms with van der Waals surface area (Å²) in [5.41, 5.74) is 1.05. The van der Waals surface area contributed by atoms with E-state index < -0.39 is 0 Å². The first-order valence-corrected chi connectivity index (χ1v) is 5.99. The first-order chi connectivity index (χ1) is 8.85. The maximum absolute atomic E-state index is 5.50. The van der Waals surface area contributed by atoms with Gasteiger partial charge in [-0.1, -0.05) is 30.3 Å². The van der Waals surface area contributed by atoms with Crippen molar-refractivity contribution >= 4 is 5.82 Å². The minimum absolute atomic E-state index is 0.232. The molecule has 2 rings (SSSR count). The van der Waals surface area contributed by atoms with Gasteiger partial charge in [0.15, 0.2) is 5.82 Å². The Balaban J connectivity index is 2.30. The van der Waals surface area contributed by atoms with E-state index in [-0.39, 0.29) is 6.10 Å². The lowest BCUT2D eigenvalue weighted by molar-refractivity contribution is 0.129. The highest BCUT2D eigenvalue weighted by Crippen LogP contribution is 2.22. The van der Waals surface area contributed by atoms with Crippen LogP contribution in [0.3, 0.4) is 0 Å². The van der Waals surface area contributed by atoms with Gasteiger partial charge in [-0.05, 0) is 18.6 Å². The maximum atomic E-state index is 5.50. The maximum Gasteiger partial charge on any atom is 0.164 e. The van der Waals surface area contributed by atoms with Crippen LogP contribution >= 0.6 is 0 Å². The van der Waals surface area contributed by atoms with Gasteiger partial charge in [-0.3, -0.25) is 0 Å². The number of ether oxygens (including phenoxy) is 1. The van der Waals surface area contributed by atoms with Crippen molar-refractivity contribution in [3.63, 3.8) is 0 Å². The minimum atomic E-state index is -0.232. The third-order valence-electron chi connectivity index (χ3n) is 2.60. The number of nitrogens with zero attached hydrogens (tertiary/aromatic N) is 2. The summed E-state index contributed by atoms with van der Waals surface area (Å²) in [5, 5.41) is 3.17. The molecule has 0 bridgehead atoms. The van der Waals surface area contributed by atoms with E-state index in [2.05, 4.69) is 15.3 Å². The summed E-state index contributed by atoms with van der Waals surface area (Å²) in [4.78, 5) is 8.76. The van der Waals surface area contributed by atoms with E-state index >= 15 is 0 Å². The van der Waals surface area contributed by atoms with Gasteiger partial charge in [0, 0.05) is 19.9 Å². The van der Waals surface area contributed by atoms with Crippen molar-refractivity contribution in [3.05, 3.63) is 54.0 Å². The monoisotopic (exact) mass is 243 g/mol. The largest absolute Gasteiger partial charge is 0.370 e. The first-order valence-electron chi connectivity index (χ1n) is 5.99. The predicted molar refractivity (Wildman–Crippen MR) is 71.5 cm³/mol. The van der Waals surface area contributed by atoms with E-state index in [0.717, 1.165) is 17.9 Å². The minimum Gasteiger partial charge on any atom is -0.370 e. The fourth-order valence-electron chi connectivity index (χ4n) is 1.80. The molecule has 94 valence electrons.